The van der Waals surface area contributed by atoms with E-state index in [-0.39, 0.29) is 0 Å². The maximum atomic E-state index is 12.3. The Bertz CT molecular complexity index is 1020. The molecule has 2 heterocycles. The number of aryl methyl sites for hydroxylation is 1. The van der Waals surface area contributed by atoms with Crippen molar-refractivity contribution in [2.75, 3.05) is 0 Å². The van der Waals surface area contributed by atoms with Crippen LogP contribution in [0.25, 0.3) is 11.1 Å². The SMILES string of the molecule is Cc1cc(C(C)(C)NC(=O)OC(C)(C)C)ccc1-c1cncc(B2OC(C)(C)C(C)(C)O2)c1. The van der Waals surface area contributed by atoms with Gasteiger partial charge in [0.2, 0.25) is 0 Å². The minimum absolute atomic E-state index is 0.405. The molecule has 1 aromatic heterocycles. The van der Waals surface area contributed by atoms with Crippen LogP contribution in [0.4, 0.5) is 4.79 Å². The first-order valence-corrected chi connectivity index (χ1v) is 11.4. The quantitative estimate of drug-likeness (QED) is 0.653. The Morgan fingerprint density at radius 2 is 1.61 bits per heavy atom. The summed E-state index contributed by atoms with van der Waals surface area (Å²) in [7, 11) is -0.459. The maximum Gasteiger partial charge on any atom is 0.496 e. The van der Waals surface area contributed by atoms with Gasteiger partial charge in [0.05, 0.1) is 16.7 Å². The van der Waals surface area contributed by atoms with Crippen molar-refractivity contribution in [2.45, 2.75) is 91.6 Å². The second kappa shape index (κ2) is 8.44. The predicted molar refractivity (Wildman–Crippen MR) is 133 cm³/mol. The van der Waals surface area contributed by atoms with Gasteiger partial charge >= 0.3 is 13.2 Å². The Hall–Kier alpha value is -2.38. The van der Waals surface area contributed by atoms with Crippen LogP contribution in [-0.2, 0) is 19.6 Å². The van der Waals surface area contributed by atoms with Crippen molar-refractivity contribution >= 4 is 18.7 Å². The first-order chi connectivity index (χ1) is 15.0. The van der Waals surface area contributed by atoms with Gasteiger partial charge in [0.1, 0.15) is 5.60 Å². The number of ether oxygens (including phenoxy) is 1. The van der Waals surface area contributed by atoms with E-state index in [2.05, 4.69) is 35.4 Å². The normalized spacial score (nSPS) is 17.7. The van der Waals surface area contributed by atoms with Gasteiger partial charge in [0.15, 0.2) is 0 Å². The van der Waals surface area contributed by atoms with Gasteiger partial charge in [0.25, 0.3) is 0 Å². The second-order valence-electron chi connectivity index (χ2n) is 11.4. The molecule has 0 radical (unpaired) electrons. The molecule has 1 aliphatic heterocycles. The molecule has 1 amide bonds. The molecule has 0 atom stereocenters. The molecule has 178 valence electrons. The standard InChI is InChI=1S/C26H37BN2O4/c1-17-13-19(24(5,6)29-22(30)31-23(2,3)4)11-12-21(17)18-14-20(16-28-15-18)27-32-25(7,8)26(9,10)33-27/h11-16H,1-10H3,(H,29,30). The number of hydrogen-bond donors (Lipinski definition) is 1. The number of aromatic nitrogens is 1. The van der Waals surface area contributed by atoms with Crippen molar-refractivity contribution in [3.8, 4) is 11.1 Å². The molecule has 0 aliphatic carbocycles. The molecule has 3 rings (SSSR count). The van der Waals surface area contributed by atoms with Gasteiger partial charge in [-0.2, -0.15) is 0 Å². The van der Waals surface area contributed by atoms with Gasteiger partial charge in [-0.05, 0) is 91.5 Å². The average molecular weight is 452 g/mol. The maximum absolute atomic E-state index is 12.3. The number of hydrogen-bond acceptors (Lipinski definition) is 5. The van der Waals surface area contributed by atoms with E-state index in [1.54, 1.807) is 6.20 Å². The molecule has 33 heavy (non-hydrogen) atoms. The number of benzene rings is 1. The third kappa shape index (κ3) is 5.58. The van der Waals surface area contributed by atoms with Gasteiger partial charge in [-0.25, -0.2) is 4.79 Å². The lowest BCUT2D eigenvalue weighted by Gasteiger charge is -2.32. The smallest absolute Gasteiger partial charge is 0.444 e. The van der Waals surface area contributed by atoms with E-state index >= 15 is 0 Å². The zero-order valence-corrected chi connectivity index (χ0v) is 21.6. The van der Waals surface area contributed by atoms with Gasteiger partial charge in [-0.3, -0.25) is 4.98 Å². The molecule has 1 fully saturated rings. The summed E-state index contributed by atoms with van der Waals surface area (Å²) in [6.07, 6.45) is 3.21. The van der Waals surface area contributed by atoms with E-state index in [0.717, 1.165) is 27.7 Å². The van der Waals surface area contributed by atoms with Crippen LogP contribution in [0.2, 0.25) is 0 Å². The Morgan fingerprint density at radius 1 is 1.00 bits per heavy atom. The number of rotatable bonds is 4. The summed E-state index contributed by atoms with van der Waals surface area (Å²) >= 11 is 0. The first kappa shape index (κ1) is 25.3. The van der Waals surface area contributed by atoms with E-state index in [1.807, 2.05) is 74.6 Å². The highest BCUT2D eigenvalue weighted by Gasteiger charge is 2.51. The lowest BCUT2D eigenvalue weighted by atomic mass is 9.79. The molecule has 7 heteroatoms. The highest BCUT2D eigenvalue weighted by molar-refractivity contribution is 6.62. The molecule has 6 nitrogen and oxygen atoms in total. The van der Waals surface area contributed by atoms with E-state index < -0.39 is 35.6 Å². The van der Waals surface area contributed by atoms with Crippen molar-refractivity contribution < 1.29 is 18.8 Å². The highest BCUT2D eigenvalue weighted by atomic mass is 16.7. The number of nitrogens with zero attached hydrogens (tertiary/aromatic N) is 1. The number of carbonyl (C=O) groups excluding carboxylic acids is 1. The summed E-state index contributed by atoms with van der Waals surface area (Å²) in [6.45, 7) is 19.7. The van der Waals surface area contributed by atoms with Crippen LogP contribution in [-0.4, -0.2) is 35.0 Å². The van der Waals surface area contributed by atoms with Gasteiger partial charge in [-0.15, -0.1) is 0 Å². The lowest BCUT2D eigenvalue weighted by molar-refractivity contribution is 0.00578. The molecule has 0 spiro atoms. The fourth-order valence-corrected chi connectivity index (χ4v) is 3.72. The second-order valence-corrected chi connectivity index (χ2v) is 11.4. The number of pyridine rings is 1. The van der Waals surface area contributed by atoms with Crippen molar-refractivity contribution in [3.05, 3.63) is 47.8 Å². The number of alkyl carbamates (subject to hydrolysis) is 1. The Labute approximate surface area is 198 Å². The molecule has 0 bridgehead atoms. The summed E-state index contributed by atoms with van der Waals surface area (Å²) in [4.78, 5) is 16.8. The van der Waals surface area contributed by atoms with Crippen LogP contribution in [0.1, 0.15) is 73.4 Å². The summed E-state index contributed by atoms with van der Waals surface area (Å²) in [5, 5.41) is 2.97. The van der Waals surface area contributed by atoms with E-state index in [1.165, 1.54) is 0 Å². The average Bonchev–Trinajstić information content (AvgIpc) is 2.87. The van der Waals surface area contributed by atoms with Crippen molar-refractivity contribution in [3.63, 3.8) is 0 Å². The third-order valence-electron chi connectivity index (χ3n) is 6.36. The topological polar surface area (TPSA) is 69.7 Å². The number of carbonyl (C=O) groups is 1. The van der Waals surface area contributed by atoms with Crippen LogP contribution in [0.15, 0.2) is 36.7 Å². The van der Waals surface area contributed by atoms with Gasteiger partial charge in [-0.1, -0.05) is 24.3 Å². The summed E-state index contributed by atoms with van der Waals surface area (Å²) in [5.41, 5.74) is 3.08. The zero-order valence-electron chi connectivity index (χ0n) is 21.6. The van der Waals surface area contributed by atoms with Crippen molar-refractivity contribution in [2.24, 2.45) is 0 Å². The molecular formula is C26H37BN2O4. The van der Waals surface area contributed by atoms with Crippen molar-refractivity contribution in [1.82, 2.24) is 10.3 Å². The van der Waals surface area contributed by atoms with E-state index in [4.69, 9.17) is 14.0 Å². The molecule has 0 unspecified atom stereocenters. The zero-order chi connectivity index (χ0) is 24.8. The van der Waals surface area contributed by atoms with Crippen LogP contribution in [0.3, 0.4) is 0 Å². The lowest BCUT2D eigenvalue weighted by Crippen LogP contribution is -2.43. The van der Waals surface area contributed by atoms with Crippen LogP contribution in [0.5, 0.6) is 0 Å². The molecule has 0 saturated carbocycles. The molecule has 1 saturated heterocycles. The Kier molecular flexibility index (Phi) is 6.46. The largest absolute Gasteiger partial charge is 0.496 e. The Balaban J connectivity index is 1.83. The molecular weight excluding hydrogens is 415 g/mol. The van der Waals surface area contributed by atoms with E-state index in [9.17, 15) is 4.79 Å². The van der Waals surface area contributed by atoms with Crippen LogP contribution >= 0.6 is 0 Å². The van der Waals surface area contributed by atoms with Gasteiger partial charge in [0, 0.05) is 17.9 Å². The Morgan fingerprint density at radius 3 is 2.15 bits per heavy atom. The monoisotopic (exact) mass is 452 g/mol. The molecule has 1 aromatic carbocycles. The number of amides is 1. The first-order valence-electron chi connectivity index (χ1n) is 11.4. The van der Waals surface area contributed by atoms with Crippen molar-refractivity contribution in [1.29, 1.82) is 0 Å². The third-order valence-corrected chi connectivity index (χ3v) is 6.36. The highest BCUT2D eigenvalue weighted by Crippen LogP contribution is 2.37. The predicted octanol–water partition coefficient (Wildman–Crippen LogP) is 5.12. The summed E-state index contributed by atoms with van der Waals surface area (Å²) in [5.74, 6) is 0. The van der Waals surface area contributed by atoms with Crippen LogP contribution < -0.4 is 10.8 Å². The fourth-order valence-electron chi connectivity index (χ4n) is 3.72. The minimum atomic E-state index is -0.589. The fraction of sp³-hybridized carbons (Fsp3) is 0.538. The molecule has 2 aromatic rings. The van der Waals surface area contributed by atoms with Gasteiger partial charge < -0.3 is 19.4 Å². The number of nitrogens with one attached hydrogen (secondary N) is 1. The van der Waals surface area contributed by atoms with E-state index in [0.29, 0.717) is 0 Å². The molecule has 1 aliphatic rings. The molecule has 1 N–H and O–H groups in total. The minimum Gasteiger partial charge on any atom is -0.444 e. The summed E-state index contributed by atoms with van der Waals surface area (Å²) in [6, 6.07) is 8.25. The summed E-state index contributed by atoms with van der Waals surface area (Å²) < 4.78 is 17.8. The van der Waals surface area contributed by atoms with Crippen LogP contribution in [0, 0.1) is 6.92 Å².